The molecule has 2 aliphatic rings. The molecular formula is C18H32N4O3. The van der Waals surface area contributed by atoms with Crippen molar-refractivity contribution in [3.63, 3.8) is 0 Å². The van der Waals surface area contributed by atoms with Crippen molar-refractivity contribution in [1.29, 1.82) is 0 Å². The molecule has 7 heteroatoms. The van der Waals surface area contributed by atoms with E-state index in [2.05, 4.69) is 10.2 Å². The average Bonchev–Trinajstić information content (AvgIpc) is 2.60. The van der Waals surface area contributed by atoms with Gasteiger partial charge in [0.1, 0.15) is 6.04 Å². The number of carbonyl (C=O) groups excluding carboxylic acids is 3. The van der Waals surface area contributed by atoms with Crippen molar-refractivity contribution in [1.82, 2.24) is 20.0 Å². The summed E-state index contributed by atoms with van der Waals surface area (Å²) in [6.07, 6.45) is 3.43. The maximum absolute atomic E-state index is 12.7. The Morgan fingerprint density at radius 3 is 2.00 bits per heavy atom. The van der Waals surface area contributed by atoms with Gasteiger partial charge < -0.3 is 15.1 Å². The fraction of sp³-hybridized carbons (Fsp3) is 0.833. The highest BCUT2D eigenvalue weighted by atomic mass is 16.2. The van der Waals surface area contributed by atoms with Gasteiger partial charge in [-0.15, -0.1) is 0 Å². The van der Waals surface area contributed by atoms with Gasteiger partial charge in [0.2, 0.25) is 17.7 Å². The number of hydrogen-bond donors (Lipinski definition) is 1. The van der Waals surface area contributed by atoms with Crippen molar-refractivity contribution in [3.05, 3.63) is 0 Å². The van der Waals surface area contributed by atoms with Crippen LogP contribution in [0.5, 0.6) is 0 Å². The van der Waals surface area contributed by atoms with Gasteiger partial charge >= 0.3 is 0 Å². The second kappa shape index (κ2) is 9.17. The molecule has 1 unspecified atom stereocenters. The number of nitrogens with zero attached hydrogens (tertiary/aromatic N) is 3. The molecule has 2 heterocycles. The second-order valence-corrected chi connectivity index (χ2v) is 7.47. The van der Waals surface area contributed by atoms with Gasteiger partial charge in [0, 0.05) is 46.2 Å². The fourth-order valence-corrected chi connectivity index (χ4v) is 3.49. The Hall–Kier alpha value is -1.63. The van der Waals surface area contributed by atoms with Crippen molar-refractivity contribution < 1.29 is 14.4 Å². The van der Waals surface area contributed by atoms with Crippen LogP contribution in [0.2, 0.25) is 0 Å². The summed E-state index contributed by atoms with van der Waals surface area (Å²) in [6, 6.07) is -0.473. The summed E-state index contributed by atoms with van der Waals surface area (Å²) in [5, 5.41) is 2.76. The molecule has 25 heavy (non-hydrogen) atoms. The van der Waals surface area contributed by atoms with Crippen LogP contribution in [0.4, 0.5) is 0 Å². The average molecular weight is 352 g/mol. The number of hydrogen-bond acceptors (Lipinski definition) is 4. The highest BCUT2D eigenvalue weighted by Crippen LogP contribution is 2.12. The van der Waals surface area contributed by atoms with E-state index in [1.54, 1.807) is 0 Å². The van der Waals surface area contributed by atoms with Crippen LogP contribution in [-0.4, -0.2) is 84.3 Å². The van der Waals surface area contributed by atoms with E-state index in [1.165, 1.54) is 13.3 Å². The van der Waals surface area contributed by atoms with Crippen LogP contribution in [0.1, 0.15) is 40.0 Å². The van der Waals surface area contributed by atoms with Crippen LogP contribution >= 0.6 is 0 Å². The lowest BCUT2D eigenvalue weighted by Crippen LogP contribution is -2.57. The molecule has 142 valence electrons. The molecule has 2 saturated heterocycles. The number of carbonyl (C=O) groups is 3. The smallest absolute Gasteiger partial charge is 0.245 e. The molecule has 0 saturated carbocycles. The lowest BCUT2D eigenvalue weighted by atomic mass is 10.0. The summed E-state index contributed by atoms with van der Waals surface area (Å²) in [5.74, 6) is 0.0536. The van der Waals surface area contributed by atoms with Crippen molar-refractivity contribution in [2.75, 3.05) is 45.8 Å². The zero-order valence-corrected chi connectivity index (χ0v) is 15.8. The number of amides is 3. The van der Waals surface area contributed by atoms with Gasteiger partial charge in [-0.1, -0.05) is 13.8 Å². The predicted octanol–water partition coefficient (Wildman–Crippen LogP) is 0.304. The Kier molecular flexibility index (Phi) is 7.23. The molecule has 3 amide bonds. The first kappa shape index (κ1) is 19.7. The Bertz CT molecular complexity index is 481. The highest BCUT2D eigenvalue weighted by molar-refractivity contribution is 5.87. The first-order valence-corrected chi connectivity index (χ1v) is 9.44. The van der Waals surface area contributed by atoms with Crippen molar-refractivity contribution in [2.24, 2.45) is 5.92 Å². The Labute approximate surface area is 150 Å². The topological polar surface area (TPSA) is 73.0 Å². The summed E-state index contributed by atoms with van der Waals surface area (Å²) in [6.45, 7) is 10.1. The van der Waals surface area contributed by atoms with Crippen LogP contribution in [0.25, 0.3) is 0 Å². The molecule has 7 nitrogen and oxygen atoms in total. The number of rotatable bonds is 5. The van der Waals surface area contributed by atoms with E-state index in [1.807, 2.05) is 23.6 Å². The first-order valence-electron chi connectivity index (χ1n) is 9.44. The quantitative estimate of drug-likeness (QED) is 0.773. The van der Waals surface area contributed by atoms with Crippen LogP contribution in [-0.2, 0) is 14.4 Å². The summed E-state index contributed by atoms with van der Waals surface area (Å²) in [5.41, 5.74) is 0. The molecule has 1 N–H and O–H groups in total. The van der Waals surface area contributed by atoms with E-state index in [-0.39, 0.29) is 23.6 Å². The fourth-order valence-electron chi connectivity index (χ4n) is 3.49. The maximum atomic E-state index is 12.7. The zero-order valence-electron chi connectivity index (χ0n) is 15.8. The SMILES string of the molecule is CC(=O)NC(C(=O)N1CCN(CC(=O)N2CCCCC2)CC1)C(C)C. The first-order chi connectivity index (χ1) is 11.9. The largest absolute Gasteiger partial charge is 0.344 e. The monoisotopic (exact) mass is 352 g/mol. The molecular weight excluding hydrogens is 320 g/mol. The molecule has 0 aromatic carbocycles. The number of likely N-dealkylation sites (tertiary alicyclic amines) is 1. The van der Waals surface area contributed by atoms with Gasteiger partial charge in [-0.25, -0.2) is 0 Å². The van der Waals surface area contributed by atoms with E-state index in [0.717, 1.165) is 25.9 Å². The van der Waals surface area contributed by atoms with E-state index < -0.39 is 6.04 Å². The molecule has 2 rings (SSSR count). The predicted molar refractivity (Wildman–Crippen MR) is 95.9 cm³/mol. The standard InChI is InChI=1S/C18H32N4O3/c1-14(2)17(19-15(3)23)18(25)22-11-9-20(10-12-22)13-16(24)21-7-5-4-6-8-21/h14,17H,4-13H2,1-3H3,(H,19,23). The van der Waals surface area contributed by atoms with Crippen LogP contribution in [0, 0.1) is 5.92 Å². The maximum Gasteiger partial charge on any atom is 0.245 e. The summed E-state index contributed by atoms with van der Waals surface area (Å²) < 4.78 is 0. The molecule has 0 aromatic heterocycles. The molecule has 2 aliphatic heterocycles. The Morgan fingerprint density at radius 1 is 0.880 bits per heavy atom. The van der Waals surface area contributed by atoms with E-state index in [9.17, 15) is 14.4 Å². The van der Waals surface area contributed by atoms with Crippen LogP contribution in [0.15, 0.2) is 0 Å². The number of piperidine rings is 1. The molecule has 0 radical (unpaired) electrons. The third kappa shape index (κ3) is 5.70. The van der Waals surface area contributed by atoms with E-state index >= 15 is 0 Å². The molecule has 0 aromatic rings. The minimum Gasteiger partial charge on any atom is -0.344 e. The van der Waals surface area contributed by atoms with Gasteiger partial charge in [-0.3, -0.25) is 19.3 Å². The molecule has 2 fully saturated rings. The van der Waals surface area contributed by atoms with E-state index in [4.69, 9.17) is 0 Å². The third-order valence-corrected chi connectivity index (χ3v) is 5.04. The minimum atomic E-state index is -0.473. The van der Waals surface area contributed by atoms with Crippen LogP contribution in [0.3, 0.4) is 0 Å². The van der Waals surface area contributed by atoms with Gasteiger partial charge in [0.15, 0.2) is 0 Å². The number of nitrogens with one attached hydrogen (secondary N) is 1. The summed E-state index contributed by atoms with van der Waals surface area (Å²) >= 11 is 0. The van der Waals surface area contributed by atoms with Crippen LogP contribution < -0.4 is 5.32 Å². The second-order valence-electron chi connectivity index (χ2n) is 7.47. The van der Waals surface area contributed by atoms with Gasteiger partial charge in [0.05, 0.1) is 6.54 Å². The molecule has 0 bridgehead atoms. The molecule has 0 spiro atoms. The van der Waals surface area contributed by atoms with Crippen molar-refractivity contribution >= 4 is 17.7 Å². The molecule has 0 aliphatic carbocycles. The lowest BCUT2D eigenvalue weighted by molar-refractivity contribution is -0.139. The van der Waals surface area contributed by atoms with Gasteiger partial charge in [0.25, 0.3) is 0 Å². The normalized spacial score (nSPS) is 20.5. The zero-order chi connectivity index (χ0) is 18.4. The third-order valence-electron chi connectivity index (χ3n) is 5.04. The van der Waals surface area contributed by atoms with E-state index in [0.29, 0.717) is 32.7 Å². The van der Waals surface area contributed by atoms with Gasteiger partial charge in [-0.05, 0) is 25.2 Å². The number of piperazine rings is 1. The van der Waals surface area contributed by atoms with Gasteiger partial charge in [-0.2, -0.15) is 0 Å². The summed E-state index contributed by atoms with van der Waals surface area (Å²) in [4.78, 5) is 42.3. The summed E-state index contributed by atoms with van der Waals surface area (Å²) in [7, 11) is 0. The lowest BCUT2D eigenvalue weighted by Gasteiger charge is -2.38. The Balaban J connectivity index is 1.80. The Morgan fingerprint density at radius 2 is 1.48 bits per heavy atom. The van der Waals surface area contributed by atoms with Crippen molar-refractivity contribution in [2.45, 2.75) is 46.1 Å². The highest BCUT2D eigenvalue weighted by Gasteiger charge is 2.30. The molecule has 1 atom stereocenters. The minimum absolute atomic E-state index is 0.0211. The van der Waals surface area contributed by atoms with Crippen molar-refractivity contribution in [3.8, 4) is 0 Å².